The summed E-state index contributed by atoms with van der Waals surface area (Å²) < 4.78 is 8.27. The molecule has 0 unspecified atom stereocenters. The third-order valence-corrected chi connectivity index (χ3v) is 6.29. The van der Waals surface area contributed by atoms with Crippen molar-refractivity contribution in [3.8, 4) is 5.75 Å². The van der Waals surface area contributed by atoms with Crippen LogP contribution in [0.4, 0.5) is 0 Å². The minimum atomic E-state index is -0.304. The van der Waals surface area contributed by atoms with E-state index in [1.807, 2.05) is 19.9 Å². The molecule has 2 aromatic rings. The fourth-order valence-corrected chi connectivity index (χ4v) is 4.67. The van der Waals surface area contributed by atoms with E-state index in [0.29, 0.717) is 23.2 Å². The van der Waals surface area contributed by atoms with Gasteiger partial charge < -0.3 is 14.4 Å². The number of hydrogen-bond acceptors (Lipinski definition) is 4. The lowest BCUT2D eigenvalue weighted by molar-refractivity contribution is 0.0527. The van der Waals surface area contributed by atoms with Crippen molar-refractivity contribution in [1.29, 1.82) is 0 Å². The van der Waals surface area contributed by atoms with E-state index < -0.39 is 0 Å². The Morgan fingerprint density at radius 2 is 1.96 bits per heavy atom. The Balaban J connectivity index is 2.21. The van der Waals surface area contributed by atoms with Crippen molar-refractivity contribution < 1.29 is 14.6 Å². The number of carbonyl (C=O) groups excluding carboxylic acids is 1. The number of hydrogen-bond donors (Lipinski definition) is 1. The maximum Gasteiger partial charge on any atom is 0.340 e. The van der Waals surface area contributed by atoms with E-state index in [9.17, 15) is 9.90 Å². The molecule has 0 bridgehead atoms. The van der Waals surface area contributed by atoms with Gasteiger partial charge in [-0.15, -0.1) is 0 Å². The predicted molar refractivity (Wildman–Crippen MR) is 116 cm³/mol. The van der Waals surface area contributed by atoms with E-state index in [2.05, 4.69) is 32.3 Å². The number of esters is 1. The van der Waals surface area contributed by atoms with E-state index in [0.717, 1.165) is 54.6 Å². The smallest absolute Gasteiger partial charge is 0.340 e. The third-order valence-electron chi connectivity index (χ3n) is 5.69. The minimum absolute atomic E-state index is 0.233. The highest BCUT2D eigenvalue weighted by Gasteiger charge is 2.27. The summed E-state index contributed by atoms with van der Waals surface area (Å²) >= 11 is 3.54. The van der Waals surface area contributed by atoms with Crippen molar-refractivity contribution in [3.05, 3.63) is 27.4 Å². The number of aryl methyl sites for hydroxylation is 1. The van der Waals surface area contributed by atoms with Gasteiger partial charge in [0, 0.05) is 29.7 Å². The topological polar surface area (TPSA) is 54.7 Å². The Bertz CT molecular complexity index is 854. The quantitative estimate of drug-likeness (QED) is 0.575. The van der Waals surface area contributed by atoms with Crippen molar-refractivity contribution in [2.75, 3.05) is 19.7 Å². The molecule has 0 saturated carbocycles. The van der Waals surface area contributed by atoms with Crippen molar-refractivity contribution in [3.63, 3.8) is 0 Å². The molecule has 0 radical (unpaired) electrons. The molecule has 1 aromatic heterocycles. The third kappa shape index (κ3) is 4.08. The number of phenols is 1. The molecule has 1 N–H and O–H groups in total. The number of unbranched alkanes of at least 4 members (excludes halogenated alkanes) is 1. The lowest BCUT2D eigenvalue weighted by atomic mass is 10.0. The van der Waals surface area contributed by atoms with Crippen LogP contribution in [0.5, 0.6) is 5.75 Å². The highest BCUT2D eigenvalue weighted by atomic mass is 79.9. The van der Waals surface area contributed by atoms with Gasteiger partial charge in [0.25, 0.3) is 0 Å². The van der Waals surface area contributed by atoms with E-state index in [4.69, 9.17) is 4.74 Å². The molecule has 1 aliphatic heterocycles. The van der Waals surface area contributed by atoms with Crippen LogP contribution < -0.4 is 0 Å². The largest absolute Gasteiger partial charge is 0.506 e. The first-order valence-electron chi connectivity index (χ1n) is 10.4. The van der Waals surface area contributed by atoms with E-state index in [-0.39, 0.29) is 11.7 Å². The number of aromatic hydroxyl groups is 1. The Hall–Kier alpha value is -1.53. The summed E-state index contributed by atoms with van der Waals surface area (Å²) in [5.41, 5.74) is 3.33. The highest BCUT2D eigenvalue weighted by Crippen LogP contribution is 2.40. The van der Waals surface area contributed by atoms with Crippen LogP contribution in [0.1, 0.15) is 67.6 Å². The van der Waals surface area contributed by atoms with Crippen LogP contribution in [0.15, 0.2) is 10.5 Å². The molecule has 1 saturated heterocycles. The van der Waals surface area contributed by atoms with Crippen LogP contribution in [-0.4, -0.2) is 40.2 Å². The highest BCUT2D eigenvalue weighted by molar-refractivity contribution is 9.10. The zero-order valence-corrected chi connectivity index (χ0v) is 18.8. The number of fused-ring (bicyclic) bond motifs is 1. The van der Waals surface area contributed by atoms with Crippen LogP contribution in [0.2, 0.25) is 0 Å². The number of aromatic nitrogens is 1. The lowest BCUT2D eigenvalue weighted by Crippen LogP contribution is -2.29. The molecule has 6 heteroatoms. The molecule has 1 aromatic carbocycles. The van der Waals surface area contributed by atoms with Gasteiger partial charge in [-0.25, -0.2) is 4.79 Å². The maximum atomic E-state index is 12.9. The van der Waals surface area contributed by atoms with Gasteiger partial charge in [0.1, 0.15) is 5.75 Å². The second-order valence-corrected chi connectivity index (χ2v) is 8.46. The Kier molecular flexibility index (Phi) is 7.05. The van der Waals surface area contributed by atoms with E-state index >= 15 is 0 Å². The van der Waals surface area contributed by atoms with Gasteiger partial charge in [0.05, 0.1) is 22.2 Å². The van der Waals surface area contributed by atoms with Gasteiger partial charge in [-0.3, -0.25) is 4.90 Å². The summed E-state index contributed by atoms with van der Waals surface area (Å²) in [6.07, 6.45) is 5.73. The number of phenolic OH excluding ortho intramolecular Hbond substituents is 1. The summed E-state index contributed by atoms with van der Waals surface area (Å²) in [6.45, 7) is 9.85. The number of halogens is 1. The SMILES string of the molecule is CCCCn1c(C)c(C(=O)OCC)c2c(CN3CCCCC3)c(O)c(Br)cc21. The van der Waals surface area contributed by atoms with Crippen LogP contribution in [0.3, 0.4) is 0 Å². The summed E-state index contributed by atoms with van der Waals surface area (Å²) in [6, 6.07) is 1.94. The average molecular weight is 451 g/mol. The fraction of sp³-hybridized carbons (Fsp3) is 0.591. The summed E-state index contributed by atoms with van der Waals surface area (Å²) in [4.78, 5) is 15.2. The first kappa shape index (κ1) is 21.2. The van der Waals surface area contributed by atoms with Crippen molar-refractivity contribution in [2.24, 2.45) is 0 Å². The van der Waals surface area contributed by atoms with E-state index in [1.54, 1.807) is 0 Å². The molecule has 1 aliphatic rings. The number of rotatable bonds is 7. The van der Waals surface area contributed by atoms with Gasteiger partial charge >= 0.3 is 5.97 Å². The second-order valence-electron chi connectivity index (χ2n) is 7.60. The van der Waals surface area contributed by atoms with Crippen molar-refractivity contribution in [2.45, 2.75) is 66.0 Å². The number of piperidine rings is 1. The first-order chi connectivity index (χ1) is 13.5. The van der Waals surface area contributed by atoms with Gasteiger partial charge in [-0.1, -0.05) is 19.8 Å². The monoisotopic (exact) mass is 450 g/mol. The van der Waals surface area contributed by atoms with Crippen LogP contribution in [0.25, 0.3) is 10.9 Å². The second kappa shape index (κ2) is 9.31. The number of carbonyl (C=O) groups is 1. The number of ether oxygens (including phenoxy) is 1. The summed E-state index contributed by atoms with van der Waals surface area (Å²) in [5, 5.41) is 11.7. The van der Waals surface area contributed by atoms with Crippen LogP contribution in [-0.2, 0) is 17.8 Å². The molecule has 2 heterocycles. The van der Waals surface area contributed by atoms with Crippen molar-refractivity contribution in [1.82, 2.24) is 9.47 Å². The molecule has 0 amide bonds. The van der Waals surface area contributed by atoms with Crippen molar-refractivity contribution >= 4 is 32.8 Å². The fourth-order valence-electron chi connectivity index (χ4n) is 4.22. The summed E-state index contributed by atoms with van der Waals surface area (Å²) in [5.74, 6) is -0.0712. The average Bonchev–Trinajstić information content (AvgIpc) is 2.96. The molecule has 5 nitrogen and oxygen atoms in total. The van der Waals surface area contributed by atoms with Gasteiger partial charge in [-0.2, -0.15) is 0 Å². The standard InChI is InChI=1S/C22H31BrN2O3/c1-4-6-12-25-15(3)19(22(27)28-5-2)20-16(14-24-10-8-7-9-11-24)21(26)17(23)13-18(20)25/h13,26H,4-12,14H2,1-3H3. The lowest BCUT2D eigenvalue weighted by Gasteiger charge is -2.27. The first-order valence-corrected chi connectivity index (χ1v) is 11.2. The van der Waals surface area contributed by atoms with Gasteiger partial charge in [-0.05, 0) is 68.2 Å². The molecular formula is C22H31BrN2O3. The predicted octanol–water partition coefficient (Wildman–Crippen LogP) is 5.38. The number of likely N-dealkylation sites (tertiary alicyclic amines) is 1. The molecule has 0 atom stereocenters. The zero-order valence-electron chi connectivity index (χ0n) is 17.2. The van der Waals surface area contributed by atoms with E-state index in [1.165, 1.54) is 19.3 Å². The number of benzene rings is 1. The maximum absolute atomic E-state index is 12.9. The number of nitrogens with zero attached hydrogens (tertiary/aromatic N) is 2. The Labute approximate surface area is 175 Å². The molecular weight excluding hydrogens is 420 g/mol. The van der Waals surface area contributed by atoms with Gasteiger partial charge in [0.2, 0.25) is 0 Å². The molecule has 0 aliphatic carbocycles. The Morgan fingerprint density at radius 1 is 1.25 bits per heavy atom. The normalized spacial score (nSPS) is 15.3. The molecule has 0 spiro atoms. The Morgan fingerprint density at radius 3 is 2.61 bits per heavy atom. The molecule has 3 rings (SSSR count). The molecule has 28 heavy (non-hydrogen) atoms. The molecule has 154 valence electrons. The summed E-state index contributed by atoms with van der Waals surface area (Å²) in [7, 11) is 0. The minimum Gasteiger partial charge on any atom is -0.506 e. The van der Waals surface area contributed by atoms with Crippen LogP contribution in [0, 0.1) is 6.92 Å². The zero-order chi connectivity index (χ0) is 20.3. The molecule has 1 fully saturated rings. The van der Waals surface area contributed by atoms with Gasteiger partial charge in [0.15, 0.2) is 0 Å². The van der Waals surface area contributed by atoms with Crippen LogP contribution >= 0.6 is 15.9 Å².